The van der Waals surface area contributed by atoms with E-state index in [2.05, 4.69) is 20.7 Å². The van der Waals surface area contributed by atoms with E-state index in [0.29, 0.717) is 17.5 Å². The van der Waals surface area contributed by atoms with Crippen LogP contribution in [0.4, 0.5) is 0 Å². The van der Waals surface area contributed by atoms with Gasteiger partial charge >= 0.3 is 0 Å². The predicted molar refractivity (Wildman–Crippen MR) is 108 cm³/mol. The molecule has 1 amide bonds. The van der Waals surface area contributed by atoms with Crippen molar-refractivity contribution in [2.24, 2.45) is 5.10 Å². The molecule has 0 fully saturated rings. The summed E-state index contributed by atoms with van der Waals surface area (Å²) in [5, 5.41) is 13.1. The molecule has 0 unspecified atom stereocenters. The molecule has 146 valence electrons. The Labute approximate surface area is 167 Å². The van der Waals surface area contributed by atoms with E-state index in [1.54, 1.807) is 13.2 Å². The first-order chi connectivity index (χ1) is 13.6. The number of aryl methyl sites for hydroxylation is 1. The maximum absolute atomic E-state index is 12.0. The molecule has 0 bridgehead atoms. The number of carbonyl (C=O) groups excluding carboxylic acids is 1. The normalized spacial score (nSPS) is 11.1. The van der Waals surface area contributed by atoms with Crippen LogP contribution in [0, 0.1) is 6.92 Å². The first-order valence-electron chi connectivity index (χ1n) is 8.69. The smallest absolute Gasteiger partial charge is 0.250 e. The summed E-state index contributed by atoms with van der Waals surface area (Å²) < 4.78 is 12.5. The summed E-state index contributed by atoms with van der Waals surface area (Å²) in [7, 11) is 1.63. The molecule has 9 heteroatoms. The minimum atomic E-state index is -0.235. The van der Waals surface area contributed by atoms with Gasteiger partial charge in [0.05, 0.1) is 19.1 Å². The second-order valence-corrected chi connectivity index (χ2v) is 6.75. The van der Waals surface area contributed by atoms with Crippen molar-refractivity contribution in [1.82, 2.24) is 20.2 Å². The second-order valence-electron chi connectivity index (χ2n) is 5.81. The van der Waals surface area contributed by atoms with Crippen LogP contribution in [0.3, 0.4) is 0 Å². The number of methoxy groups -OCH3 is 1. The van der Waals surface area contributed by atoms with Gasteiger partial charge in [-0.1, -0.05) is 11.8 Å². The number of benzene rings is 1. The first-order valence-corrected chi connectivity index (χ1v) is 9.68. The van der Waals surface area contributed by atoms with Crippen molar-refractivity contribution < 1.29 is 13.9 Å². The van der Waals surface area contributed by atoms with Crippen molar-refractivity contribution in [3.8, 4) is 17.1 Å². The predicted octanol–water partition coefficient (Wildman–Crippen LogP) is 3.12. The third-order valence-corrected chi connectivity index (χ3v) is 4.82. The van der Waals surface area contributed by atoms with Crippen LogP contribution in [0.25, 0.3) is 11.4 Å². The number of carbonyl (C=O) groups is 1. The van der Waals surface area contributed by atoms with Crippen molar-refractivity contribution in [1.29, 1.82) is 0 Å². The van der Waals surface area contributed by atoms with E-state index >= 15 is 0 Å². The highest BCUT2D eigenvalue weighted by molar-refractivity contribution is 7.99. The average Bonchev–Trinajstić information content (AvgIpc) is 3.32. The molecule has 8 nitrogen and oxygen atoms in total. The van der Waals surface area contributed by atoms with Crippen LogP contribution in [0.2, 0.25) is 0 Å². The van der Waals surface area contributed by atoms with Gasteiger partial charge in [0.25, 0.3) is 5.91 Å². The summed E-state index contributed by atoms with van der Waals surface area (Å²) in [6.45, 7) is 4.54. The third kappa shape index (κ3) is 4.80. The molecule has 0 spiro atoms. The van der Waals surface area contributed by atoms with Crippen molar-refractivity contribution in [2.75, 3.05) is 12.9 Å². The van der Waals surface area contributed by atoms with Crippen LogP contribution >= 0.6 is 11.8 Å². The Bertz CT molecular complexity index is 962. The van der Waals surface area contributed by atoms with Gasteiger partial charge in [0.15, 0.2) is 11.0 Å². The third-order valence-electron chi connectivity index (χ3n) is 3.86. The monoisotopic (exact) mass is 399 g/mol. The number of amides is 1. The van der Waals surface area contributed by atoms with E-state index in [0.717, 1.165) is 22.9 Å². The number of ether oxygens (including phenoxy) is 1. The molecule has 1 N–H and O–H groups in total. The zero-order valence-corrected chi connectivity index (χ0v) is 16.7. The van der Waals surface area contributed by atoms with E-state index in [9.17, 15) is 4.79 Å². The van der Waals surface area contributed by atoms with E-state index in [-0.39, 0.29) is 11.7 Å². The minimum absolute atomic E-state index is 0.176. The summed E-state index contributed by atoms with van der Waals surface area (Å²) in [5.74, 6) is 2.84. The lowest BCUT2D eigenvalue weighted by molar-refractivity contribution is -0.118. The number of hydrogen-bond acceptors (Lipinski definition) is 7. The maximum atomic E-state index is 12.0. The Kier molecular flexibility index (Phi) is 6.49. The van der Waals surface area contributed by atoms with Crippen molar-refractivity contribution >= 4 is 23.9 Å². The molecule has 2 aromatic heterocycles. The highest BCUT2D eigenvalue weighted by atomic mass is 32.2. The van der Waals surface area contributed by atoms with E-state index in [4.69, 9.17) is 9.15 Å². The van der Waals surface area contributed by atoms with Gasteiger partial charge in [-0.25, -0.2) is 5.43 Å². The fourth-order valence-electron chi connectivity index (χ4n) is 2.49. The maximum Gasteiger partial charge on any atom is 0.250 e. The summed E-state index contributed by atoms with van der Waals surface area (Å²) in [5.41, 5.74) is 3.41. The lowest BCUT2D eigenvalue weighted by atomic mass is 10.2. The Morgan fingerprint density at radius 2 is 2.07 bits per heavy atom. The van der Waals surface area contributed by atoms with Gasteiger partial charge in [0, 0.05) is 12.1 Å². The largest absolute Gasteiger partial charge is 0.497 e. The van der Waals surface area contributed by atoms with Crippen molar-refractivity contribution in [2.45, 2.75) is 25.5 Å². The van der Waals surface area contributed by atoms with E-state index in [1.165, 1.54) is 18.0 Å². The topological polar surface area (TPSA) is 94.5 Å². The number of furan rings is 1. The number of aromatic nitrogens is 3. The highest BCUT2D eigenvalue weighted by Crippen LogP contribution is 2.25. The molecule has 0 atom stereocenters. The van der Waals surface area contributed by atoms with Crippen molar-refractivity contribution in [3.63, 3.8) is 0 Å². The van der Waals surface area contributed by atoms with Gasteiger partial charge in [-0.15, -0.1) is 10.2 Å². The number of nitrogens with one attached hydrogen (secondary N) is 1. The van der Waals surface area contributed by atoms with E-state index < -0.39 is 0 Å². The lowest BCUT2D eigenvalue weighted by Crippen LogP contribution is -2.20. The standard InChI is InChI=1S/C19H21N5O3S/c1-4-24-18(14-6-9-15(26-3)10-7-14)22-23-19(24)28-12-17(25)21-20-11-16-8-5-13(2)27-16/h5-11H,4,12H2,1-3H3,(H,21,25)/b20-11-. The number of hydrogen-bond donors (Lipinski definition) is 1. The van der Waals surface area contributed by atoms with Gasteiger partial charge in [0.2, 0.25) is 0 Å². The molecule has 0 saturated heterocycles. The van der Waals surface area contributed by atoms with Gasteiger partial charge in [-0.05, 0) is 50.2 Å². The van der Waals surface area contributed by atoms with Crippen LogP contribution in [0.15, 0.2) is 51.1 Å². The fraction of sp³-hybridized carbons (Fsp3) is 0.263. The quantitative estimate of drug-likeness (QED) is 0.355. The number of hydrazone groups is 1. The van der Waals surface area contributed by atoms with Crippen molar-refractivity contribution in [3.05, 3.63) is 47.9 Å². The Morgan fingerprint density at radius 3 is 2.71 bits per heavy atom. The molecule has 3 aromatic rings. The van der Waals surface area contributed by atoms with Crippen LogP contribution < -0.4 is 10.2 Å². The first kappa shape index (κ1) is 19.7. The Balaban J connectivity index is 1.60. The zero-order valence-electron chi connectivity index (χ0n) is 15.9. The highest BCUT2D eigenvalue weighted by Gasteiger charge is 2.14. The summed E-state index contributed by atoms with van der Waals surface area (Å²) in [4.78, 5) is 12.0. The molecular formula is C19H21N5O3S. The summed E-state index contributed by atoms with van der Waals surface area (Å²) in [6, 6.07) is 11.2. The van der Waals surface area contributed by atoms with Gasteiger partial charge in [-0.2, -0.15) is 5.10 Å². The molecule has 2 heterocycles. The molecule has 28 heavy (non-hydrogen) atoms. The Hall–Kier alpha value is -3.07. The summed E-state index contributed by atoms with van der Waals surface area (Å²) in [6.07, 6.45) is 1.46. The summed E-state index contributed by atoms with van der Waals surface area (Å²) >= 11 is 1.31. The lowest BCUT2D eigenvalue weighted by Gasteiger charge is -2.07. The average molecular weight is 399 g/mol. The van der Waals surface area contributed by atoms with Gasteiger partial charge in [0.1, 0.15) is 17.3 Å². The molecule has 0 aliphatic rings. The SMILES string of the molecule is CCn1c(SCC(=O)N/N=C\c2ccc(C)o2)nnc1-c1ccc(OC)cc1. The number of rotatable bonds is 8. The van der Waals surface area contributed by atoms with E-state index in [1.807, 2.05) is 48.7 Å². The fourth-order valence-corrected chi connectivity index (χ4v) is 3.28. The van der Waals surface area contributed by atoms with Crippen LogP contribution in [-0.2, 0) is 11.3 Å². The number of thioether (sulfide) groups is 1. The van der Waals surface area contributed by atoms with Crippen LogP contribution in [-0.4, -0.2) is 39.7 Å². The van der Waals surface area contributed by atoms with Gasteiger partial charge in [-0.3, -0.25) is 4.79 Å². The number of nitrogens with zero attached hydrogens (tertiary/aromatic N) is 4. The molecule has 0 radical (unpaired) electrons. The van der Waals surface area contributed by atoms with Crippen LogP contribution in [0.5, 0.6) is 5.75 Å². The molecule has 3 rings (SSSR count). The Morgan fingerprint density at radius 1 is 1.29 bits per heavy atom. The molecule has 1 aromatic carbocycles. The van der Waals surface area contributed by atoms with Crippen LogP contribution in [0.1, 0.15) is 18.4 Å². The second kappa shape index (κ2) is 9.23. The molecule has 0 aliphatic heterocycles. The molecule has 0 saturated carbocycles. The molecular weight excluding hydrogens is 378 g/mol. The van der Waals surface area contributed by atoms with Gasteiger partial charge < -0.3 is 13.7 Å². The zero-order chi connectivity index (χ0) is 19.9. The molecule has 0 aliphatic carbocycles. The minimum Gasteiger partial charge on any atom is -0.497 e.